The van der Waals surface area contributed by atoms with Gasteiger partial charge in [-0.3, -0.25) is 10.8 Å². The number of hydrogen-bond donors (Lipinski definition) is 2. The van der Waals surface area contributed by atoms with Gasteiger partial charge in [-0.1, -0.05) is 31.0 Å². The Balaban J connectivity index is 2.09. The van der Waals surface area contributed by atoms with Gasteiger partial charge in [-0.15, -0.1) is 0 Å². The molecule has 112 valence electrons. The van der Waals surface area contributed by atoms with Gasteiger partial charge in [0.25, 0.3) is 0 Å². The molecule has 1 aromatic carbocycles. The molecule has 0 unspecified atom stereocenters. The van der Waals surface area contributed by atoms with E-state index in [1.54, 1.807) is 7.11 Å². The zero-order valence-corrected chi connectivity index (χ0v) is 12.6. The summed E-state index contributed by atoms with van der Waals surface area (Å²) >= 11 is 0. The average Bonchev–Trinajstić information content (AvgIpc) is 3.06. The van der Waals surface area contributed by atoms with Crippen molar-refractivity contribution in [1.82, 2.24) is 4.98 Å². The summed E-state index contributed by atoms with van der Waals surface area (Å²) in [6.45, 7) is 0.708. The molecule has 0 spiro atoms. The maximum Gasteiger partial charge on any atom is 0.0759 e. The minimum atomic E-state index is 0.581. The molecule has 0 atom stereocenters. The van der Waals surface area contributed by atoms with Crippen molar-refractivity contribution in [3.05, 3.63) is 35.5 Å². The molecule has 0 aliphatic heterocycles. The van der Waals surface area contributed by atoms with Gasteiger partial charge in [0.2, 0.25) is 0 Å². The van der Waals surface area contributed by atoms with Crippen LogP contribution in [0.3, 0.4) is 0 Å². The summed E-state index contributed by atoms with van der Waals surface area (Å²) in [5, 5.41) is 1.09. The summed E-state index contributed by atoms with van der Waals surface area (Å²) in [4.78, 5) is 4.97. The molecule has 0 amide bonds. The first kappa shape index (κ1) is 14.3. The number of ether oxygens (including phenoxy) is 1. The SMILES string of the molecule is COCCc1cccc2c(NN)cc(C3CCCC3)nc12. The number of hydrogen-bond acceptors (Lipinski definition) is 4. The van der Waals surface area contributed by atoms with E-state index in [0.29, 0.717) is 12.5 Å². The number of methoxy groups -OCH3 is 1. The first-order valence-electron chi connectivity index (χ1n) is 7.71. The normalized spacial score (nSPS) is 15.7. The molecule has 4 heteroatoms. The van der Waals surface area contributed by atoms with E-state index in [2.05, 4.69) is 29.7 Å². The standard InChI is InChI=1S/C17H23N3O/c1-21-10-9-13-7-4-8-14-16(20-18)11-15(19-17(13)14)12-5-2-3-6-12/h4,7-8,11-12H,2-3,5-6,9-10,18H2,1H3,(H,19,20). The Morgan fingerprint density at radius 2 is 2.14 bits per heavy atom. The third-order valence-electron chi connectivity index (χ3n) is 4.45. The van der Waals surface area contributed by atoms with Crippen molar-refractivity contribution in [2.24, 2.45) is 5.84 Å². The molecule has 1 saturated carbocycles. The van der Waals surface area contributed by atoms with Gasteiger partial charge in [0.15, 0.2) is 0 Å². The molecule has 1 aliphatic carbocycles. The zero-order valence-electron chi connectivity index (χ0n) is 12.6. The molecule has 21 heavy (non-hydrogen) atoms. The van der Waals surface area contributed by atoms with E-state index < -0.39 is 0 Å². The Bertz CT molecular complexity index is 621. The van der Waals surface area contributed by atoms with E-state index in [9.17, 15) is 0 Å². The topological polar surface area (TPSA) is 60.2 Å². The van der Waals surface area contributed by atoms with E-state index in [4.69, 9.17) is 15.6 Å². The van der Waals surface area contributed by atoms with Crippen molar-refractivity contribution >= 4 is 16.6 Å². The molecule has 1 heterocycles. The highest BCUT2D eigenvalue weighted by Crippen LogP contribution is 2.36. The van der Waals surface area contributed by atoms with Crippen LogP contribution in [-0.2, 0) is 11.2 Å². The number of anilines is 1. The van der Waals surface area contributed by atoms with Crippen LogP contribution in [0.25, 0.3) is 10.9 Å². The molecule has 0 radical (unpaired) electrons. The molecule has 2 aromatic rings. The van der Waals surface area contributed by atoms with Crippen molar-refractivity contribution < 1.29 is 4.74 Å². The average molecular weight is 285 g/mol. The van der Waals surface area contributed by atoms with Crippen LogP contribution in [0.15, 0.2) is 24.3 Å². The van der Waals surface area contributed by atoms with Crippen LogP contribution in [0.1, 0.15) is 42.9 Å². The number of pyridine rings is 1. The van der Waals surface area contributed by atoms with Crippen LogP contribution < -0.4 is 11.3 Å². The second kappa shape index (κ2) is 6.41. The van der Waals surface area contributed by atoms with Crippen LogP contribution in [0.4, 0.5) is 5.69 Å². The number of nitrogen functional groups attached to an aromatic ring is 1. The van der Waals surface area contributed by atoms with E-state index in [1.165, 1.54) is 36.9 Å². The fraction of sp³-hybridized carbons (Fsp3) is 0.471. The maximum atomic E-state index is 5.73. The number of aromatic nitrogens is 1. The lowest BCUT2D eigenvalue weighted by atomic mass is 9.99. The highest BCUT2D eigenvalue weighted by molar-refractivity contribution is 5.93. The molecule has 1 fully saturated rings. The van der Waals surface area contributed by atoms with Crippen LogP contribution >= 0.6 is 0 Å². The predicted octanol–water partition coefficient (Wildman–Crippen LogP) is 3.37. The zero-order chi connectivity index (χ0) is 14.7. The fourth-order valence-corrected chi connectivity index (χ4v) is 3.29. The second-order valence-electron chi connectivity index (χ2n) is 5.78. The maximum absolute atomic E-state index is 5.73. The number of nitrogens with zero attached hydrogens (tertiary/aromatic N) is 1. The number of hydrazine groups is 1. The molecule has 3 rings (SSSR count). The van der Waals surface area contributed by atoms with E-state index in [0.717, 1.165) is 23.0 Å². The monoisotopic (exact) mass is 285 g/mol. The molecule has 3 N–H and O–H groups in total. The van der Waals surface area contributed by atoms with Gasteiger partial charge in [0.05, 0.1) is 17.8 Å². The quantitative estimate of drug-likeness (QED) is 0.653. The van der Waals surface area contributed by atoms with Crippen molar-refractivity contribution in [2.45, 2.75) is 38.0 Å². The third kappa shape index (κ3) is 2.87. The van der Waals surface area contributed by atoms with Crippen LogP contribution in [0, 0.1) is 0 Å². The Hall–Kier alpha value is -1.65. The summed E-state index contributed by atoms with van der Waals surface area (Å²) in [7, 11) is 1.73. The first-order chi connectivity index (χ1) is 10.3. The molecule has 1 aliphatic rings. The molecular formula is C17H23N3O. The highest BCUT2D eigenvalue weighted by atomic mass is 16.5. The van der Waals surface area contributed by atoms with Gasteiger partial charge in [-0.25, -0.2) is 0 Å². The molecule has 1 aromatic heterocycles. The Morgan fingerprint density at radius 3 is 2.86 bits per heavy atom. The van der Waals surface area contributed by atoms with Crippen molar-refractivity contribution in [3.63, 3.8) is 0 Å². The largest absolute Gasteiger partial charge is 0.384 e. The number of para-hydroxylation sites is 1. The van der Waals surface area contributed by atoms with Gasteiger partial charge in [-0.2, -0.15) is 0 Å². The fourth-order valence-electron chi connectivity index (χ4n) is 3.29. The van der Waals surface area contributed by atoms with Gasteiger partial charge < -0.3 is 10.2 Å². The minimum Gasteiger partial charge on any atom is -0.384 e. The van der Waals surface area contributed by atoms with Crippen LogP contribution in [0.2, 0.25) is 0 Å². The smallest absolute Gasteiger partial charge is 0.0759 e. The van der Waals surface area contributed by atoms with Crippen LogP contribution in [-0.4, -0.2) is 18.7 Å². The lowest BCUT2D eigenvalue weighted by molar-refractivity contribution is 0.202. The summed E-state index contributed by atoms with van der Waals surface area (Å²) in [5.74, 6) is 6.31. The molecule has 0 bridgehead atoms. The lowest BCUT2D eigenvalue weighted by Gasteiger charge is -2.15. The number of fused-ring (bicyclic) bond motifs is 1. The second-order valence-corrected chi connectivity index (χ2v) is 5.78. The van der Waals surface area contributed by atoms with Crippen molar-refractivity contribution in [1.29, 1.82) is 0 Å². The number of benzene rings is 1. The highest BCUT2D eigenvalue weighted by Gasteiger charge is 2.20. The Labute approximate surface area is 125 Å². The van der Waals surface area contributed by atoms with Gasteiger partial charge in [0.1, 0.15) is 0 Å². The number of rotatable bonds is 5. The van der Waals surface area contributed by atoms with E-state index >= 15 is 0 Å². The predicted molar refractivity (Wildman–Crippen MR) is 86.3 cm³/mol. The molecule has 4 nitrogen and oxygen atoms in total. The summed E-state index contributed by atoms with van der Waals surface area (Å²) in [5.41, 5.74) is 7.29. The van der Waals surface area contributed by atoms with E-state index in [-0.39, 0.29) is 0 Å². The van der Waals surface area contributed by atoms with Gasteiger partial charge >= 0.3 is 0 Å². The van der Waals surface area contributed by atoms with E-state index in [1.807, 2.05) is 0 Å². The number of nitrogens with one attached hydrogen (secondary N) is 1. The van der Waals surface area contributed by atoms with Crippen LogP contribution in [0.5, 0.6) is 0 Å². The molecular weight excluding hydrogens is 262 g/mol. The first-order valence-corrected chi connectivity index (χ1v) is 7.71. The third-order valence-corrected chi connectivity index (χ3v) is 4.45. The summed E-state index contributed by atoms with van der Waals surface area (Å²) < 4.78 is 5.21. The number of nitrogens with two attached hydrogens (primary N) is 1. The van der Waals surface area contributed by atoms with Gasteiger partial charge in [-0.05, 0) is 30.9 Å². The summed E-state index contributed by atoms with van der Waals surface area (Å²) in [6, 6.07) is 8.39. The lowest BCUT2D eigenvalue weighted by Crippen LogP contribution is -2.10. The summed E-state index contributed by atoms with van der Waals surface area (Å²) in [6.07, 6.45) is 5.96. The Kier molecular flexibility index (Phi) is 4.36. The van der Waals surface area contributed by atoms with Gasteiger partial charge in [0, 0.05) is 24.1 Å². The van der Waals surface area contributed by atoms with Crippen molar-refractivity contribution in [2.75, 3.05) is 19.1 Å². The minimum absolute atomic E-state index is 0.581. The van der Waals surface area contributed by atoms with Crippen molar-refractivity contribution in [3.8, 4) is 0 Å². The molecule has 0 saturated heterocycles. The Morgan fingerprint density at radius 1 is 1.33 bits per heavy atom.